The minimum Gasteiger partial charge on any atom is -0.459 e. The molecule has 0 aromatic carbocycles. The van der Waals surface area contributed by atoms with Crippen molar-refractivity contribution < 1.29 is 22.0 Å². The highest BCUT2D eigenvalue weighted by molar-refractivity contribution is 9.10. The van der Waals surface area contributed by atoms with E-state index in [2.05, 4.69) is 15.9 Å². The molecule has 2 aromatic heterocycles. The second-order valence-corrected chi connectivity index (χ2v) is 8.18. The summed E-state index contributed by atoms with van der Waals surface area (Å²) in [6, 6.07) is 6.30. The molecule has 22 heavy (non-hydrogen) atoms. The number of sulfone groups is 1. The summed E-state index contributed by atoms with van der Waals surface area (Å²) in [5.41, 5.74) is 0. The van der Waals surface area contributed by atoms with Crippen molar-refractivity contribution in [3.63, 3.8) is 0 Å². The van der Waals surface area contributed by atoms with Crippen LogP contribution in [-0.4, -0.2) is 36.8 Å². The Morgan fingerprint density at radius 3 is 2.73 bits per heavy atom. The summed E-state index contributed by atoms with van der Waals surface area (Å²) in [7, 11) is -3.09. The first kappa shape index (κ1) is 15.4. The molecule has 0 bridgehead atoms. The molecular formula is C14H14BrNO5S. The molecule has 0 aliphatic carbocycles. The molecule has 1 fully saturated rings. The molecule has 1 aliphatic heterocycles. The molecule has 1 aliphatic rings. The van der Waals surface area contributed by atoms with Gasteiger partial charge in [0.1, 0.15) is 5.76 Å². The third-order valence-electron chi connectivity index (χ3n) is 3.60. The minimum atomic E-state index is -3.09. The number of halogens is 1. The van der Waals surface area contributed by atoms with Crippen LogP contribution in [0.1, 0.15) is 22.7 Å². The monoisotopic (exact) mass is 387 g/mol. The number of hydrogen-bond acceptors (Lipinski definition) is 5. The number of hydrogen-bond donors (Lipinski definition) is 0. The van der Waals surface area contributed by atoms with Crippen LogP contribution in [-0.2, 0) is 16.4 Å². The van der Waals surface area contributed by atoms with Gasteiger partial charge >= 0.3 is 0 Å². The Hall–Kier alpha value is -1.54. The van der Waals surface area contributed by atoms with Crippen LogP contribution in [0.25, 0.3) is 0 Å². The maximum absolute atomic E-state index is 12.6. The number of carbonyl (C=O) groups excluding carboxylic acids is 1. The zero-order valence-electron chi connectivity index (χ0n) is 11.6. The summed E-state index contributed by atoms with van der Waals surface area (Å²) >= 11 is 3.21. The van der Waals surface area contributed by atoms with Gasteiger partial charge in [-0.2, -0.15) is 0 Å². The van der Waals surface area contributed by atoms with E-state index in [9.17, 15) is 13.2 Å². The molecule has 6 nitrogen and oxygen atoms in total. The average molecular weight is 388 g/mol. The van der Waals surface area contributed by atoms with Gasteiger partial charge in [0.25, 0.3) is 5.91 Å². The summed E-state index contributed by atoms with van der Waals surface area (Å²) in [4.78, 5) is 14.1. The van der Waals surface area contributed by atoms with E-state index < -0.39 is 9.84 Å². The molecule has 2 aromatic rings. The Kier molecular flexibility index (Phi) is 4.14. The van der Waals surface area contributed by atoms with E-state index in [1.165, 1.54) is 11.2 Å². The van der Waals surface area contributed by atoms with Crippen molar-refractivity contribution in [2.24, 2.45) is 0 Å². The molecule has 118 valence electrons. The maximum atomic E-state index is 12.6. The molecule has 1 saturated heterocycles. The molecule has 3 rings (SSSR count). The van der Waals surface area contributed by atoms with E-state index in [-0.39, 0.29) is 35.8 Å². The molecule has 0 radical (unpaired) electrons. The molecule has 0 N–H and O–H groups in total. The van der Waals surface area contributed by atoms with Gasteiger partial charge in [-0.05, 0) is 46.6 Å². The maximum Gasteiger partial charge on any atom is 0.290 e. The quantitative estimate of drug-likeness (QED) is 0.804. The lowest BCUT2D eigenvalue weighted by molar-refractivity contribution is 0.0632. The Labute approximate surface area is 136 Å². The van der Waals surface area contributed by atoms with Crippen LogP contribution in [0, 0.1) is 0 Å². The predicted octanol–water partition coefficient (Wildman–Crippen LogP) is 2.46. The second-order valence-electron chi connectivity index (χ2n) is 5.17. The van der Waals surface area contributed by atoms with E-state index in [0.717, 1.165) is 0 Å². The van der Waals surface area contributed by atoms with E-state index >= 15 is 0 Å². The first-order valence-electron chi connectivity index (χ1n) is 6.74. The normalized spacial score (nSPS) is 20.1. The van der Waals surface area contributed by atoms with Crippen molar-refractivity contribution in [3.8, 4) is 0 Å². The molecule has 1 amide bonds. The van der Waals surface area contributed by atoms with Crippen LogP contribution in [0.2, 0.25) is 0 Å². The van der Waals surface area contributed by atoms with Gasteiger partial charge in [0, 0.05) is 6.04 Å². The second kappa shape index (κ2) is 5.92. The van der Waals surface area contributed by atoms with E-state index in [1.807, 2.05) is 0 Å². The van der Waals surface area contributed by atoms with Gasteiger partial charge in [-0.1, -0.05) is 0 Å². The van der Waals surface area contributed by atoms with Crippen LogP contribution < -0.4 is 0 Å². The first-order chi connectivity index (χ1) is 10.4. The summed E-state index contributed by atoms with van der Waals surface area (Å²) < 4.78 is 34.6. The lowest BCUT2D eigenvalue weighted by atomic mass is 10.2. The van der Waals surface area contributed by atoms with Crippen LogP contribution in [0.3, 0.4) is 0 Å². The van der Waals surface area contributed by atoms with Gasteiger partial charge in [0.15, 0.2) is 20.3 Å². The van der Waals surface area contributed by atoms with Gasteiger partial charge in [0.2, 0.25) is 0 Å². The summed E-state index contributed by atoms with van der Waals surface area (Å²) in [5.74, 6) is 0.508. The van der Waals surface area contributed by atoms with Crippen molar-refractivity contribution >= 4 is 31.7 Å². The number of amides is 1. The largest absolute Gasteiger partial charge is 0.459 e. The lowest BCUT2D eigenvalue weighted by Gasteiger charge is -2.26. The van der Waals surface area contributed by atoms with E-state index in [4.69, 9.17) is 8.83 Å². The Morgan fingerprint density at radius 1 is 1.36 bits per heavy atom. The van der Waals surface area contributed by atoms with Crippen molar-refractivity contribution in [2.45, 2.75) is 19.0 Å². The number of rotatable bonds is 4. The van der Waals surface area contributed by atoms with E-state index in [0.29, 0.717) is 16.9 Å². The Bertz CT molecular complexity index is 765. The van der Waals surface area contributed by atoms with Crippen LogP contribution in [0.5, 0.6) is 0 Å². The zero-order valence-corrected chi connectivity index (χ0v) is 14.0. The highest BCUT2D eigenvalue weighted by atomic mass is 79.9. The smallest absolute Gasteiger partial charge is 0.290 e. The molecule has 8 heteroatoms. The Balaban J connectivity index is 1.86. The average Bonchev–Trinajstić information content (AvgIpc) is 3.17. The van der Waals surface area contributed by atoms with Crippen LogP contribution >= 0.6 is 15.9 Å². The summed E-state index contributed by atoms with van der Waals surface area (Å²) in [6.45, 7) is 0.200. The highest BCUT2D eigenvalue weighted by Gasteiger charge is 2.36. The highest BCUT2D eigenvalue weighted by Crippen LogP contribution is 2.24. The number of furan rings is 2. The van der Waals surface area contributed by atoms with Gasteiger partial charge in [0.05, 0.1) is 24.3 Å². The summed E-state index contributed by atoms with van der Waals surface area (Å²) in [5, 5.41) is 0. The fourth-order valence-electron chi connectivity index (χ4n) is 2.53. The van der Waals surface area contributed by atoms with Crippen molar-refractivity contribution in [1.29, 1.82) is 0 Å². The molecule has 0 unspecified atom stereocenters. The van der Waals surface area contributed by atoms with E-state index in [1.54, 1.807) is 24.3 Å². The molecular weight excluding hydrogens is 374 g/mol. The van der Waals surface area contributed by atoms with Crippen molar-refractivity contribution in [2.75, 3.05) is 11.5 Å². The van der Waals surface area contributed by atoms with Gasteiger partial charge < -0.3 is 13.7 Å². The van der Waals surface area contributed by atoms with Gasteiger partial charge in [-0.25, -0.2) is 8.42 Å². The van der Waals surface area contributed by atoms with Gasteiger partial charge in [-0.15, -0.1) is 0 Å². The standard InChI is InChI=1S/C14H14BrNO5S/c15-13-4-3-11(21-13)8-16(10-5-7-22(18,19)9-10)14(17)12-2-1-6-20-12/h1-4,6,10H,5,7-9H2/t10-/m1/s1. The molecule has 1 atom stereocenters. The van der Waals surface area contributed by atoms with Crippen LogP contribution in [0.4, 0.5) is 0 Å². The van der Waals surface area contributed by atoms with Crippen molar-refractivity contribution in [1.82, 2.24) is 4.90 Å². The zero-order chi connectivity index (χ0) is 15.7. The van der Waals surface area contributed by atoms with Crippen molar-refractivity contribution in [3.05, 3.63) is 46.7 Å². The molecule has 0 spiro atoms. The van der Waals surface area contributed by atoms with Gasteiger partial charge in [-0.3, -0.25) is 4.79 Å². The predicted molar refractivity (Wildman–Crippen MR) is 82.0 cm³/mol. The molecule has 3 heterocycles. The van der Waals surface area contributed by atoms with Crippen LogP contribution in [0.15, 0.2) is 44.0 Å². The Morgan fingerprint density at radius 2 is 2.18 bits per heavy atom. The minimum absolute atomic E-state index is 0.0265. The number of carbonyl (C=O) groups is 1. The topological polar surface area (TPSA) is 80.7 Å². The first-order valence-corrected chi connectivity index (χ1v) is 9.35. The fraction of sp³-hybridized carbons (Fsp3) is 0.357. The summed E-state index contributed by atoms with van der Waals surface area (Å²) in [6.07, 6.45) is 1.84. The fourth-order valence-corrected chi connectivity index (χ4v) is 4.61. The third-order valence-corrected chi connectivity index (χ3v) is 5.77. The lowest BCUT2D eigenvalue weighted by Crippen LogP contribution is -2.40. The SMILES string of the molecule is O=C(c1ccco1)N(Cc1ccc(Br)o1)[C@@H]1CCS(=O)(=O)C1. The number of nitrogens with zero attached hydrogens (tertiary/aromatic N) is 1. The third kappa shape index (κ3) is 3.27. The molecule has 0 saturated carbocycles.